The summed E-state index contributed by atoms with van der Waals surface area (Å²) in [7, 11) is 1.76. The van der Waals surface area contributed by atoms with Crippen molar-refractivity contribution in [3.05, 3.63) is 26.9 Å². The van der Waals surface area contributed by atoms with Crippen LogP contribution in [-0.2, 0) is 6.54 Å². The number of aryl methyl sites for hydroxylation is 1. The van der Waals surface area contributed by atoms with E-state index in [-0.39, 0.29) is 5.82 Å². The fourth-order valence-electron chi connectivity index (χ4n) is 1.33. The van der Waals surface area contributed by atoms with Crippen LogP contribution < -0.4 is 5.32 Å². The van der Waals surface area contributed by atoms with Gasteiger partial charge in [-0.15, -0.1) is 10.2 Å². The van der Waals surface area contributed by atoms with Crippen LogP contribution in [0.2, 0.25) is 0 Å². The van der Waals surface area contributed by atoms with Gasteiger partial charge in [0.05, 0.1) is 16.9 Å². The first-order chi connectivity index (χ1) is 8.10. The Hall–Kier alpha value is -2.03. The Bertz CT molecular complexity index is 548. The van der Waals surface area contributed by atoms with Crippen molar-refractivity contribution in [2.75, 3.05) is 12.4 Å². The summed E-state index contributed by atoms with van der Waals surface area (Å²) in [6, 6.07) is 0. The van der Waals surface area contributed by atoms with Crippen molar-refractivity contribution in [3.63, 3.8) is 0 Å². The van der Waals surface area contributed by atoms with Crippen molar-refractivity contribution in [1.29, 1.82) is 0 Å². The lowest BCUT2D eigenvalue weighted by Crippen LogP contribution is -2.00. The zero-order chi connectivity index (χ0) is 12.4. The Balaban J connectivity index is 2.18. The molecule has 2 aromatic rings. The highest BCUT2D eigenvalue weighted by molar-refractivity contribution is 7.15. The largest absolute Gasteiger partial charge is 0.392 e. The molecule has 0 saturated heterocycles. The number of nitrogens with zero attached hydrogens (tertiary/aromatic N) is 5. The second kappa shape index (κ2) is 4.45. The molecule has 0 unspecified atom stereocenters. The second-order valence-electron chi connectivity index (χ2n) is 3.34. The molecule has 8 nitrogen and oxygen atoms in total. The van der Waals surface area contributed by atoms with Crippen LogP contribution in [0.4, 0.5) is 10.9 Å². The summed E-state index contributed by atoms with van der Waals surface area (Å²) >= 11 is 1.39. The zero-order valence-corrected chi connectivity index (χ0v) is 10.1. The standard InChI is InChI=1S/C8H10N6O2S/c1-5-3-13(12-7(5)14(15)16)4-6-10-11-8(9-2)17-6/h3H,4H2,1-2H3,(H,9,11). The molecule has 0 spiro atoms. The molecule has 0 fully saturated rings. The smallest absolute Gasteiger partial charge is 0.363 e. The Labute approximate surface area is 100 Å². The molecule has 0 bridgehead atoms. The molecule has 2 aromatic heterocycles. The highest BCUT2D eigenvalue weighted by Crippen LogP contribution is 2.18. The van der Waals surface area contributed by atoms with Crippen LogP contribution >= 0.6 is 11.3 Å². The molecule has 1 N–H and O–H groups in total. The van der Waals surface area contributed by atoms with Crippen molar-refractivity contribution in [1.82, 2.24) is 20.0 Å². The molecular weight excluding hydrogens is 244 g/mol. The van der Waals surface area contributed by atoms with Crippen molar-refractivity contribution >= 4 is 22.3 Å². The minimum Gasteiger partial charge on any atom is -0.363 e. The van der Waals surface area contributed by atoms with E-state index in [9.17, 15) is 10.1 Å². The van der Waals surface area contributed by atoms with Crippen LogP contribution in [0, 0.1) is 17.0 Å². The summed E-state index contributed by atoms with van der Waals surface area (Å²) in [4.78, 5) is 10.1. The van der Waals surface area contributed by atoms with E-state index < -0.39 is 4.92 Å². The summed E-state index contributed by atoms with van der Waals surface area (Å²) in [5.74, 6) is -0.122. The normalized spacial score (nSPS) is 10.5. The molecule has 0 aromatic carbocycles. The third-order valence-electron chi connectivity index (χ3n) is 2.07. The lowest BCUT2D eigenvalue weighted by molar-refractivity contribution is -0.390. The lowest BCUT2D eigenvalue weighted by Gasteiger charge is -1.89. The minimum atomic E-state index is -0.495. The van der Waals surface area contributed by atoms with Gasteiger partial charge in [-0.3, -0.25) is 0 Å². The van der Waals surface area contributed by atoms with Crippen LogP contribution in [0.3, 0.4) is 0 Å². The molecule has 2 heterocycles. The Morgan fingerprint density at radius 2 is 2.35 bits per heavy atom. The van der Waals surface area contributed by atoms with Crippen LogP contribution in [0.15, 0.2) is 6.20 Å². The van der Waals surface area contributed by atoms with Crippen molar-refractivity contribution < 1.29 is 4.92 Å². The zero-order valence-electron chi connectivity index (χ0n) is 9.25. The topological polar surface area (TPSA) is 98.8 Å². The average molecular weight is 254 g/mol. The van der Waals surface area contributed by atoms with Crippen LogP contribution in [0.5, 0.6) is 0 Å². The van der Waals surface area contributed by atoms with Crippen LogP contribution in [0.1, 0.15) is 10.6 Å². The molecule has 0 radical (unpaired) electrons. The quantitative estimate of drug-likeness (QED) is 0.646. The molecule has 90 valence electrons. The third kappa shape index (κ3) is 2.38. The van der Waals surface area contributed by atoms with E-state index in [0.717, 1.165) is 5.01 Å². The molecule has 0 amide bonds. The van der Waals surface area contributed by atoms with Gasteiger partial charge in [-0.1, -0.05) is 11.3 Å². The fraction of sp³-hybridized carbons (Fsp3) is 0.375. The van der Waals surface area contributed by atoms with E-state index in [1.807, 2.05) is 0 Å². The summed E-state index contributed by atoms with van der Waals surface area (Å²) in [6.07, 6.45) is 1.62. The molecule has 9 heteroatoms. The number of nitro groups is 1. The Kier molecular flexibility index (Phi) is 3.00. The first kappa shape index (κ1) is 11.5. The molecule has 0 aliphatic heterocycles. The molecule has 0 aliphatic rings. The summed E-state index contributed by atoms with van der Waals surface area (Å²) < 4.78 is 1.49. The van der Waals surface area contributed by atoms with E-state index in [1.165, 1.54) is 16.0 Å². The third-order valence-corrected chi connectivity index (χ3v) is 2.99. The molecule has 0 atom stereocenters. The summed E-state index contributed by atoms with van der Waals surface area (Å²) in [5.41, 5.74) is 0.536. The van der Waals surface area contributed by atoms with E-state index in [4.69, 9.17) is 0 Å². The maximum absolute atomic E-state index is 10.6. The van der Waals surface area contributed by atoms with Crippen LogP contribution in [0.25, 0.3) is 0 Å². The number of anilines is 1. The highest BCUT2D eigenvalue weighted by atomic mass is 32.1. The van der Waals surface area contributed by atoms with Crippen molar-refractivity contribution in [2.45, 2.75) is 13.5 Å². The maximum atomic E-state index is 10.6. The van der Waals surface area contributed by atoms with Gasteiger partial charge in [-0.2, -0.15) is 4.68 Å². The average Bonchev–Trinajstić information content (AvgIpc) is 2.85. The number of hydrogen-bond donors (Lipinski definition) is 1. The van der Waals surface area contributed by atoms with Gasteiger partial charge in [0.1, 0.15) is 11.6 Å². The second-order valence-corrected chi connectivity index (χ2v) is 4.40. The van der Waals surface area contributed by atoms with Gasteiger partial charge in [-0.05, 0) is 11.8 Å². The molecule has 0 aliphatic carbocycles. The molecule has 2 rings (SSSR count). The molecule has 17 heavy (non-hydrogen) atoms. The predicted octanol–water partition coefficient (Wildman–Crippen LogP) is 1.04. The number of rotatable bonds is 4. The maximum Gasteiger partial charge on any atom is 0.392 e. The van der Waals surface area contributed by atoms with Gasteiger partial charge in [-0.25, -0.2) is 0 Å². The highest BCUT2D eigenvalue weighted by Gasteiger charge is 2.17. The Morgan fingerprint density at radius 1 is 1.59 bits per heavy atom. The number of hydrogen-bond acceptors (Lipinski definition) is 7. The van der Waals surface area contributed by atoms with E-state index in [1.54, 1.807) is 20.2 Å². The van der Waals surface area contributed by atoms with Crippen molar-refractivity contribution in [2.24, 2.45) is 0 Å². The number of aromatic nitrogens is 4. The van der Waals surface area contributed by atoms with Gasteiger partial charge in [0.15, 0.2) is 0 Å². The van der Waals surface area contributed by atoms with E-state index in [0.29, 0.717) is 17.2 Å². The van der Waals surface area contributed by atoms with Gasteiger partial charge < -0.3 is 15.4 Å². The van der Waals surface area contributed by atoms with E-state index >= 15 is 0 Å². The van der Waals surface area contributed by atoms with Crippen LogP contribution in [-0.4, -0.2) is 31.9 Å². The van der Waals surface area contributed by atoms with Gasteiger partial charge in [0, 0.05) is 7.05 Å². The lowest BCUT2D eigenvalue weighted by atomic mass is 10.4. The van der Waals surface area contributed by atoms with E-state index in [2.05, 4.69) is 20.6 Å². The summed E-state index contributed by atoms with van der Waals surface area (Å²) in [5, 5.41) is 26.7. The SMILES string of the molecule is CNc1nnc(Cn2cc(C)c([N+](=O)[O-])n2)s1. The molecular formula is C8H10N6O2S. The van der Waals surface area contributed by atoms with Gasteiger partial charge in [0.25, 0.3) is 0 Å². The molecule has 0 saturated carbocycles. The Morgan fingerprint density at radius 3 is 2.88 bits per heavy atom. The fourth-order valence-corrected chi connectivity index (χ4v) is 2.01. The van der Waals surface area contributed by atoms with Gasteiger partial charge in [0.2, 0.25) is 5.13 Å². The minimum absolute atomic E-state index is 0.122. The van der Waals surface area contributed by atoms with Crippen molar-refractivity contribution in [3.8, 4) is 0 Å². The van der Waals surface area contributed by atoms with Gasteiger partial charge >= 0.3 is 5.82 Å². The predicted molar refractivity (Wildman–Crippen MR) is 62.2 cm³/mol. The monoisotopic (exact) mass is 254 g/mol. The first-order valence-corrected chi connectivity index (χ1v) is 5.60. The number of nitrogens with one attached hydrogen (secondary N) is 1. The first-order valence-electron chi connectivity index (χ1n) is 4.78. The summed E-state index contributed by atoms with van der Waals surface area (Å²) in [6.45, 7) is 2.04.